The van der Waals surface area contributed by atoms with E-state index in [1.807, 2.05) is 12.1 Å². The first-order valence-electron chi connectivity index (χ1n) is 6.40. The molecule has 0 bridgehead atoms. The van der Waals surface area contributed by atoms with Crippen LogP contribution in [0.2, 0.25) is 0 Å². The maximum atomic E-state index is 12.3. The number of nitrogens with one attached hydrogen (secondary N) is 1. The summed E-state index contributed by atoms with van der Waals surface area (Å²) in [7, 11) is -3.58. The van der Waals surface area contributed by atoms with Gasteiger partial charge >= 0.3 is 0 Å². The summed E-state index contributed by atoms with van der Waals surface area (Å²) in [5, 5.41) is 0. The molecule has 20 heavy (non-hydrogen) atoms. The molecule has 0 unspecified atom stereocenters. The third kappa shape index (κ3) is 3.11. The Morgan fingerprint density at radius 3 is 2.30 bits per heavy atom. The number of nitrogens with two attached hydrogens (primary N) is 1. The Kier molecular flexibility index (Phi) is 3.99. The molecule has 0 amide bonds. The van der Waals surface area contributed by atoms with Crippen molar-refractivity contribution >= 4 is 21.4 Å². The first-order valence-corrected chi connectivity index (χ1v) is 7.88. The predicted octanol–water partition coefficient (Wildman–Crippen LogP) is 2.94. The molecule has 0 heterocycles. The van der Waals surface area contributed by atoms with E-state index >= 15 is 0 Å². The molecule has 0 atom stereocenters. The Morgan fingerprint density at radius 2 is 1.75 bits per heavy atom. The topological polar surface area (TPSA) is 72.2 Å². The van der Waals surface area contributed by atoms with Crippen LogP contribution in [0.4, 0.5) is 11.4 Å². The minimum absolute atomic E-state index is 0.212. The van der Waals surface area contributed by atoms with Gasteiger partial charge in [0.05, 0.1) is 4.90 Å². The van der Waals surface area contributed by atoms with Gasteiger partial charge < -0.3 is 5.73 Å². The third-order valence-corrected chi connectivity index (χ3v) is 4.54. The van der Waals surface area contributed by atoms with Crippen LogP contribution in [0.5, 0.6) is 0 Å². The van der Waals surface area contributed by atoms with Crippen LogP contribution >= 0.6 is 0 Å². The van der Waals surface area contributed by atoms with E-state index in [1.54, 1.807) is 31.2 Å². The standard InChI is InChI=1S/C15H18N2O2S/c1-3-12-4-6-13(7-5-12)17-20(18,19)14-8-9-15(16)11(2)10-14/h4-10,17H,3,16H2,1-2H3. The molecule has 0 radical (unpaired) electrons. The molecule has 106 valence electrons. The number of benzene rings is 2. The maximum Gasteiger partial charge on any atom is 0.261 e. The van der Waals surface area contributed by atoms with E-state index in [2.05, 4.69) is 11.6 Å². The van der Waals surface area contributed by atoms with Crippen molar-refractivity contribution in [3.63, 3.8) is 0 Å². The van der Waals surface area contributed by atoms with E-state index < -0.39 is 10.0 Å². The number of rotatable bonds is 4. The number of nitrogen functional groups attached to an aromatic ring is 1. The molecular formula is C15H18N2O2S. The second-order valence-corrected chi connectivity index (χ2v) is 6.36. The molecule has 0 aliphatic heterocycles. The monoisotopic (exact) mass is 290 g/mol. The van der Waals surface area contributed by atoms with Crippen LogP contribution in [0.15, 0.2) is 47.4 Å². The minimum Gasteiger partial charge on any atom is -0.399 e. The quantitative estimate of drug-likeness (QED) is 0.850. The number of hydrogen-bond acceptors (Lipinski definition) is 3. The summed E-state index contributed by atoms with van der Waals surface area (Å²) < 4.78 is 27.1. The van der Waals surface area contributed by atoms with Crippen molar-refractivity contribution in [2.24, 2.45) is 0 Å². The lowest BCUT2D eigenvalue weighted by Gasteiger charge is -2.10. The van der Waals surface area contributed by atoms with E-state index in [9.17, 15) is 8.42 Å². The number of aryl methyl sites for hydroxylation is 2. The second kappa shape index (κ2) is 5.54. The second-order valence-electron chi connectivity index (χ2n) is 4.67. The van der Waals surface area contributed by atoms with Gasteiger partial charge in [-0.1, -0.05) is 19.1 Å². The van der Waals surface area contributed by atoms with Gasteiger partial charge in [-0.25, -0.2) is 8.42 Å². The predicted molar refractivity (Wildman–Crippen MR) is 82.2 cm³/mol. The summed E-state index contributed by atoms with van der Waals surface area (Å²) in [6.07, 6.45) is 0.921. The first-order chi connectivity index (χ1) is 9.42. The Morgan fingerprint density at radius 1 is 1.10 bits per heavy atom. The molecule has 2 aromatic carbocycles. The normalized spacial score (nSPS) is 11.3. The fourth-order valence-corrected chi connectivity index (χ4v) is 2.98. The number of sulfonamides is 1. The zero-order valence-corrected chi connectivity index (χ0v) is 12.4. The molecule has 0 saturated carbocycles. The highest BCUT2D eigenvalue weighted by Crippen LogP contribution is 2.20. The molecule has 0 spiro atoms. The third-order valence-electron chi connectivity index (χ3n) is 3.17. The summed E-state index contributed by atoms with van der Waals surface area (Å²) in [4.78, 5) is 0.212. The molecule has 3 N–H and O–H groups in total. The van der Waals surface area contributed by atoms with Crippen LogP contribution in [0.25, 0.3) is 0 Å². The SMILES string of the molecule is CCc1ccc(NS(=O)(=O)c2ccc(N)c(C)c2)cc1. The smallest absolute Gasteiger partial charge is 0.261 e. The average molecular weight is 290 g/mol. The Hall–Kier alpha value is -2.01. The molecule has 0 aliphatic carbocycles. The van der Waals surface area contributed by atoms with E-state index in [-0.39, 0.29) is 4.90 Å². The molecule has 4 nitrogen and oxygen atoms in total. The van der Waals surface area contributed by atoms with Gasteiger partial charge in [0.25, 0.3) is 10.0 Å². The first kappa shape index (κ1) is 14.4. The zero-order valence-electron chi connectivity index (χ0n) is 11.6. The van der Waals surface area contributed by atoms with Crippen LogP contribution in [0.3, 0.4) is 0 Å². The number of anilines is 2. The lowest BCUT2D eigenvalue weighted by molar-refractivity contribution is 0.601. The van der Waals surface area contributed by atoms with Crippen molar-refractivity contribution in [3.05, 3.63) is 53.6 Å². The van der Waals surface area contributed by atoms with Crippen LogP contribution in [-0.4, -0.2) is 8.42 Å². The van der Waals surface area contributed by atoms with Gasteiger partial charge in [-0.3, -0.25) is 4.72 Å². The highest BCUT2D eigenvalue weighted by atomic mass is 32.2. The van der Waals surface area contributed by atoms with E-state index in [0.29, 0.717) is 11.4 Å². The molecule has 5 heteroatoms. The van der Waals surface area contributed by atoms with E-state index in [0.717, 1.165) is 17.5 Å². The minimum atomic E-state index is -3.58. The van der Waals surface area contributed by atoms with Crippen molar-refractivity contribution in [3.8, 4) is 0 Å². The molecule has 0 aliphatic rings. The highest BCUT2D eigenvalue weighted by molar-refractivity contribution is 7.92. The molecule has 0 aromatic heterocycles. The fourth-order valence-electron chi connectivity index (χ4n) is 1.84. The van der Waals surface area contributed by atoms with Gasteiger partial charge in [-0.2, -0.15) is 0 Å². The van der Waals surface area contributed by atoms with Crippen molar-refractivity contribution in [2.75, 3.05) is 10.5 Å². The summed E-state index contributed by atoms with van der Waals surface area (Å²) in [6, 6.07) is 12.0. The molecule has 2 aromatic rings. The molecule has 0 saturated heterocycles. The van der Waals surface area contributed by atoms with Gasteiger partial charge in [-0.15, -0.1) is 0 Å². The van der Waals surface area contributed by atoms with Crippen molar-refractivity contribution in [1.29, 1.82) is 0 Å². The van der Waals surface area contributed by atoms with Crippen LogP contribution in [0, 0.1) is 6.92 Å². The van der Waals surface area contributed by atoms with Crippen molar-refractivity contribution < 1.29 is 8.42 Å². The Balaban J connectivity index is 2.27. The van der Waals surface area contributed by atoms with Gasteiger partial charge in [0.1, 0.15) is 0 Å². The van der Waals surface area contributed by atoms with Crippen LogP contribution in [0.1, 0.15) is 18.1 Å². The Labute approximate surface area is 119 Å². The number of hydrogen-bond donors (Lipinski definition) is 2. The van der Waals surface area contributed by atoms with Gasteiger partial charge in [0, 0.05) is 11.4 Å². The van der Waals surface area contributed by atoms with E-state index in [1.165, 1.54) is 6.07 Å². The maximum absolute atomic E-state index is 12.3. The average Bonchev–Trinajstić information content (AvgIpc) is 2.42. The largest absolute Gasteiger partial charge is 0.399 e. The lowest BCUT2D eigenvalue weighted by Crippen LogP contribution is -2.13. The van der Waals surface area contributed by atoms with Crippen LogP contribution < -0.4 is 10.5 Å². The summed E-state index contributed by atoms with van der Waals surface area (Å²) >= 11 is 0. The van der Waals surface area contributed by atoms with Gasteiger partial charge in [-0.05, 0) is 54.8 Å². The van der Waals surface area contributed by atoms with E-state index in [4.69, 9.17) is 5.73 Å². The fraction of sp³-hybridized carbons (Fsp3) is 0.200. The van der Waals surface area contributed by atoms with Crippen molar-refractivity contribution in [2.45, 2.75) is 25.2 Å². The molecular weight excluding hydrogens is 272 g/mol. The summed E-state index contributed by atoms with van der Waals surface area (Å²) in [5.41, 5.74) is 8.74. The molecule has 2 rings (SSSR count). The molecule has 0 fully saturated rings. The van der Waals surface area contributed by atoms with Gasteiger partial charge in [0.2, 0.25) is 0 Å². The van der Waals surface area contributed by atoms with Gasteiger partial charge in [0.15, 0.2) is 0 Å². The Bertz CT molecular complexity index is 707. The summed E-state index contributed by atoms with van der Waals surface area (Å²) in [5.74, 6) is 0. The van der Waals surface area contributed by atoms with Crippen molar-refractivity contribution in [1.82, 2.24) is 0 Å². The zero-order chi connectivity index (χ0) is 14.8. The highest BCUT2D eigenvalue weighted by Gasteiger charge is 2.14. The summed E-state index contributed by atoms with van der Waals surface area (Å²) in [6.45, 7) is 3.83. The van der Waals surface area contributed by atoms with Crippen LogP contribution in [-0.2, 0) is 16.4 Å². The lowest BCUT2D eigenvalue weighted by atomic mass is 10.2.